The lowest BCUT2D eigenvalue weighted by molar-refractivity contribution is 0.102. The molecule has 0 spiro atoms. The van der Waals surface area contributed by atoms with Crippen LogP contribution < -0.4 is 10.6 Å². The van der Waals surface area contributed by atoms with Crippen LogP contribution in [-0.2, 0) is 6.54 Å². The molecule has 0 bridgehead atoms. The van der Waals surface area contributed by atoms with Crippen molar-refractivity contribution in [3.8, 4) is 0 Å². The van der Waals surface area contributed by atoms with Gasteiger partial charge in [-0.3, -0.25) is 9.78 Å². The van der Waals surface area contributed by atoms with Gasteiger partial charge in [-0.2, -0.15) is 0 Å². The number of benzene rings is 1. The Morgan fingerprint density at radius 3 is 2.64 bits per heavy atom. The number of anilines is 1. The zero-order chi connectivity index (χ0) is 14.4. The molecule has 4 nitrogen and oxygen atoms in total. The van der Waals surface area contributed by atoms with Gasteiger partial charge < -0.3 is 10.6 Å². The van der Waals surface area contributed by atoms with Crippen LogP contribution in [0.3, 0.4) is 0 Å². The second-order valence-corrected chi connectivity index (χ2v) is 4.60. The first-order valence-corrected chi connectivity index (χ1v) is 6.73. The summed E-state index contributed by atoms with van der Waals surface area (Å²) in [5.74, 6) is -0.177. The minimum absolute atomic E-state index is 0. The van der Waals surface area contributed by atoms with Crippen molar-refractivity contribution in [2.75, 3.05) is 11.9 Å². The first-order chi connectivity index (χ1) is 9.70. The Kier molecular flexibility index (Phi) is 9.42. The van der Waals surface area contributed by atoms with E-state index in [0.717, 1.165) is 29.9 Å². The van der Waals surface area contributed by atoms with E-state index in [1.165, 1.54) is 0 Å². The van der Waals surface area contributed by atoms with Crippen LogP contribution in [0.1, 0.15) is 28.5 Å². The van der Waals surface area contributed by atoms with Gasteiger partial charge >= 0.3 is 0 Å². The highest BCUT2D eigenvalue weighted by atomic mass is 35.5. The van der Waals surface area contributed by atoms with Gasteiger partial charge in [-0.15, -0.1) is 24.8 Å². The number of carbonyl (C=O) groups is 1. The summed E-state index contributed by atoms with van der Waals surface area (Å²) < 4.78 is 0. The lowest BCUT2D eigenvalue weighted by Gasteiger charge is -2.08. The number of hydrogen-bond acceptors (Lipinski definition) is 3. The molecule has 0 saturated carbocycles. The molecule has 6 heteroatoms. The molecule has 2 rings (SSSR count). The lowest BCUT2D eigenvalue weighted by atomic mass is 10.1. The summed E-state index contributed by atoms with van der Waals surface area (Å²) in [5.41, 5.74) is 3.26. The minimum atomic E-state index is -0.177. The third-order valence-electron chi connectivity index (χ3n) is 2.99. The van der Waals surface area contributed by atoms with Crippen LogP contribution in [0.5, 0.6) is 0 Å². The van der Waals surface area contributed by atoms with Crippen LogP contribution in [0.4, 0.5) is 5.69 Å². The van der Waals surface area contributed by atoms with Gasteiger partial charge in [-0.05, 0) is 42.8 Å². The Morgan fingerprint density at radius 1 is 1.18 bits per heavy atom. The van der Waals surface area contributed by atoms with Gasteiger partial charge in [0.2, 0.25) is 0 Å². The second kappa shape index (κ2) is 10.2. The highest BCUT2D eigenvalue weighted by Gasteiger charge is 2.10. The Bertz CT molecular complexity index is 605. The Balaban J connectivity index is 0.00000220. The molecule has 0 radical (unpaired) electrons. The maximum Gasteiger partial charge on any atom is 0.274 e. The molecule has 0 aliphatic heterocycles. The molecule has 0 saturated heterocycles. The van der Waals surface area contributed by atoms with Crippen LogP contribution in [-0.4, -0.2) is 17.4 Å². The van der Waals surface area contributed by atoms with Crippen LogP contribution >= 0.6 is 24.8 Å². The molecule has 1 aromatic carbocycles. The van der Waals surface area contributed by atoms with Crippen molar-refractivity contribution < 1.29 is 4.79 Å². The third-order valence-corrected chi connectivity index (χ3v) is 2.99. The summed E-state index contributed by atoms with van der Waals surface area (Å²) in [4.78, 5) is 16.3. The summed E-state index contributed by atoms with van der Waals surface area (Å²) in [6, 6.07) is 11.5. The molecule has 22 heavy (non-hydrogen) atoms. The first-order valence-electron chi connectivity index (χ1n) is 6.73. The van der Waals surface area contributed by atoms with Crippen LogP contribution in [0.2, 0.25) is 0 Å². The number of pyridine rings is 1. The van der Waals surface area contributed by atoms with Crippen LogP contribution in [0.25, 0.3) is 0 Å². The number of carbonyl (C=O) groups excluding carboxylic acids is 1. The number of nitrogens with one attached hydrogen (secondary N) is 2. The van der Waals surface area contributed by atoms with Gasteiger partial charge in [0, 0.05) is 18.4 Å². The number of hydrogen-bond donors (Lipinski definition) is 2. The fourth-order valence-electron chi connectivity index (χ4n) is 1.94. The molecule has 120 valence electrons. The van der Waals surface area contributed by atoms with E-state index in [0.29, 0.717) is 5.69 Å². The maximum atomic E-state index is 12.2. The van der Waals surface area contributed by atoms with Gasteiger partial charge in [0.15, 0.2) is 0 Å². The maximum absolute atomic E-state index is 12.2. The quantitative estimate of drug-likeness (QED) is 0.873. The van der Waals surface area contributed by atoms with E-state index in [1.54, 1.807) is 6.20 Å². The predicted molar refractivity (Wildman–Crippen MR) is 95.2 cm³/mol. The molecular formula is C16H21Cl2N3O. The van der Waals surface area contributed by atoms with E-state index in [-0.39, 0.29) is 30.7 Å². The van der Waals surface area contributed by atoms with E-state index in [4.69, 9.17) is 0 Å². The third kappa shape index (κ3) is 5.64. The summed E-state index contributed by atoms with van der Waals surface area (Å²) in [5, 5.41) is 6.15. The van der Waals surface area contributed by atoms with Crippen LogP contribution in [0.15, 0.2) is 42.6 Å². The average Bonchev–Trinajstić information content (AvgIpc) is 2.46. The van der Waals surface area contributed by atoms with Gasteiger partial charge in [-0.25, -0.2) is 0 Å². The van der Waals surface area contributed by atoms with E-state index in [2.05, 4.69) is 22.5 Å². The molecule has 1 amide bonds. The van der Waals surface area contributed by atoms with Crippen molar-refractivity contribution in [3.05, 3.63) is 59.4 Å². The van der Waals surface area contributed by atoms with Crippen molar-refractivity contribution in [2.45, 2.75) is 20.4 Å². The topological polar surface area (TPSA) is 54.0 Å². The Labute approximate surface area is 143 Å². The zero-order valence-electron chi connectivity index (χ0n) is 12.6. The first kappa shape index (κ1) is 20.4. The van der Waals surface area contributed by atoms with Crippen molar-refractivity contribution in [2.24, 2.45) is 0 Å². The van der Waals surface area contributed by atoms with E-state index in [9.17, 15) is 4.79 Å². The van der Waals surface area contributed by atoms with Crippen molar-refractivity contribution in [1.82, 2.24) is 10.3 Å². The molecule has 2 N–H and O–H groups in total. The molecule has 0 aliphatic rings. The standard InChI is InChI=1S/C16H19N3O.2ClH/c1-3-17-11-13-7-4-8-14(10-13)19-16(20)15-12(2)6-5-9-18-15;;/h4-10,17H,3,11H2,1-2H3,(H,19,20);2*1H. The van der Waals surface area contributed by atoms with Gasteiger partial charge in [0.1, 0.15) is 5.69 Å². The molecule has 1 aromatic heterocycles. The molecule has 1 heterocycles. The normalized spacial score (nSPS) is 9.36. The largest absolute Gasteiger partial charge is 0.321 e. The fraction of sp³-hybridized carbons (Fsp3) is 0.250. The van der Waals surface area contributed by atoms with Gasteiger partial charge in [0.05, 0.1) is 0 Å². The van der Waals surface area contributed by atoms with Crippen molar-refractivity contribution in [1.29, 1.82) is 0 Å². The van der Waals surface area contributed by atoms with Crippen LogP contribution in [0, 0.1) is 6.92 Å². The van der Waals surface area contributed by atoms with E-state index >= 15 is 0 Å². The second-order valence-electron chi connectivity index (χ2n) is 4.60. The van der Waals surface area contributed by atoms with E-state index < -0.39 is 0 Å². The highest BCUT2D eigenvalue weighted by molar-refractivity contribution is 6.03. The molecule has 0 unspecified atom stereocenters. The highest BCUT2D eigenvalue weighted by Crippen LogP contribution is 2.13. The fourth-order valence-corrected chi connectivity index (χ4v) is 1.94. The number of aryl methyl sites for hydroxylation is 1. The molecule has 0 fully saturated rings. The monoisotopic (exact) mass is 341 g/mol. The lowest BCUT2D eigenvalue weighted by Crippen LogP contribution is -2.16. The predicted octanol–water partition coefficient (Wildman–Crippen LogP) is 3.60. The number of nitrogens with zero attached hydrogens (tertiary/aromatic N) is 1. The minimum Gasteiger partial charge on any atom is -0.321 e. The smallest absolute Gasteiger partial charge is 0.274 e. The molecule has 0 atom stereocenters. The summed E-state index contributed by atoms with van der Waals surface area (Å²) in [6.07, 6.45) is 1.63. The summed E-state index contributed by atoms with van der Waals surface area (Å²) in [7, 11) is 0. The summed E-state index contributed by atoms with van der Waals surface area (Å²) >= 11 is 0. The Morgan fingerprint density at radius 2 is 1.95 bits per heavy atom. The van der Waals surface area contributed by atoms with Crippen molar-refractivity contribution in [3.63, 3.8) is 0 Å². The Hall–Kier alpha value is -1.62. The van der Waals surface area contributed by atoms with Crippen molar-refractivity contribution >= 4 is 36.4 Å². The molecule has 0 aliphatic carbocycles. The average molecular weight is 342 g/mol. The number of halogens is 2. The molecular weight excluding hydrogens is 321 g/mol. The zero-order valence-corrected chi connectivity index (χ0v) is 14.3. The molecule has 2 aromatic rings. The SMILES string of the molecule is CCNCc1cccc(NC(=O)c2ncccc2C)c1.Cl.Cl. The van der Waals surface area contributed by atoms with Gasteiger partial charge in [-0.1, -0.05) is 25.1 Å². The van der Waals surface area contributed by atoms with E-state index in [1.807, 2.05) is 43.3 Å². The summed E-state index contributed by atoms with van der Waals surface area (Å²) in [6.45, 7) is 5.66. The number of aromatic nitrogens is 1. The van der Waals surface area contributed by atoms with Gasteiger partial charge in [0.25, 0.3) is 5.91 Å². The number of amides is 1. The number of rotatable bonds is 5.